The molecule has 0 saturated carbocycles. The van der Waals surface area contributed by atoms with Crippen LogP contribution in [0, 0.1) is 5.92 Å². The molecule has 0 atom stereocenters. The molecule has 8 heteroatoms. The van der Waals surface area contributed by atoms with E-state index in [0.717, 1.165) is 12.1 Å². The summed E-state index contributed by atoms with van der Waals surface area (Å²) in [5.74, 6) is -1.44. The van der Waals surface area contributed by atoms with Crippen molar-refractivity contribution in [1.29, 1.82) is 0 Å². The van der Waals surface area contributed by atoms with E-state index in [-0.39, 0.29) is 16.8 Å². The molecule has 4 nitrogen and oxygen atoms in total. The van der Waals surface area contributed by atoms with Crippen LogP contribution in [0.25, 0.3) is 0 Å². The van der Waals surface area contributed by atoms with Gasteiger partial charge in [-0.2, -0.15) is 13.2 Å². The Balaban J connectivity index is 2.79. The van der Waals surface area contributed by atoms with Gasteiger partial charge >= 0.3 is 6.18 Å². The fourth-order valence-corrected chi connectivity index (χ4v) is 1.60. The van der Waals surface area contributed by atoms with Crippen LogP contribution in [-0.2, 0) is 15.8 Å². The standard InChI is InChI=1S/C13H14ClF3N2O2/c1-7(2)12(21)18-6-11(20)19-10-4-3-8(14)5-9(10)13(15,16)17/h3-5,7H,6H2,1-2H3,(H,18,21)(H,19,20). The zero-order valence-corrected chi connectivity index (χ0v) is 12.1. The van der Waals surface area contributed by atoms with Gasteiger partial charge in [-0.1, -0.05) is 25.4 Å². The Morgan fingerprint density at radius 3 is 2.43 bits per heavy atom. The van der Waals surface area contributed by atoms with E-state index < -0.39 is 29.9 Å². The molecule has 1 aromatic rings. The lowest BCUT2D eigenvalue weighted by molar-refractivity contribution is -0.137. The highest BCUT2D eigenvalue weighted by Crippen LogP contribution is 2.36. The molecule has 0 heterocycles. The minimum atomic E-state index is -4.64. The summed E-state index contributed by atoms with van der Waals surface area (Å²) >= 11 is 5.53. The van der Waals surface area contributed by atoms with Crippen LogP contribution in [0.1, 0.15) is 19.4 Å². The number of alkyl halides is 3. The summed E-state index contributed by atoms with van der Waals surface area (Å²) < 4.78 is 38.5. The van der Waals surface area contributed by atoms with Crippen molar-refractivity contribution >= 4 is 29.1 Å². The molecular formula is C13H14ClF3N2O2. The van der Waals surface area contributed by atoms with Crippen molar-refractivity contribution < 1.29 is 22.8 Å². The Hall–Kier alpha value is -1.76. The number of nitrogens with one attached hydrogen (secondary N) is 2. The maximum atomic E-state index is 12.8. The maximum Gasteiger partial charge on any atom is 0.418 e. The first-order valence-corrected chi connectivity index (χ1v) is 6.43. The SMILES string of the molecule is CC(C)C(=O)NCC(=O)Nc1ccc(Cl)cc1C(F)(F)F. The van der Waals surface area contributed by atoms with Crippen LogP contribution in [-0.4, -0.2) is 18.4 Å². The molecule has 1 aromatic carbocycles. The summed E-state index contributed by atoms with van der Waals surface area (Å²) in [4.78, 5) is 22.9. The van der Waals surface area contributed by atoms with E-state index in [2.05, 4.69) is 10.6 Å². The van der Waals surface area contributed by atoms with Crippen LogP contribution in [0.4, 0.5) is 18.9 Å². The number of halogens is 4. The first kappa shape index (κ1) is 17.3. The number of carbonyl (C=O) groups excluding carboxylic acids is 2. The largest absolute Gasteiger partial charge is 0.418 e. The normalized spacial score (nSPS) is 11.4. The molecule has 0 aromatic heterocycles. The quantitative estimate of drug-likeness (QED) is 0.895. The van der Waals surface area contributed by atoms with Crippen LogP contribution in [0.5, 0.6) is 0 Å². The number of anilines is 1. The van der Waals surface area contributed by atoms with Crippen LogP contribution >= 0.6 is 11.6 Å². The number of hydrogen-bond donors (Lipinski definition) is 2. The summed E-state index contributed by atoms with van der Waals surface area (Å²) in [7, 11) is 0. The van der Waals surface area contributed by atoms with E-state index in [0.29, 0.717) is 0 Å². The molecule has 0 fully saturated rings. The number of rotatable bonds is 4. The number of benzene rings is 1. The molecule has 116 valence electrons. The van der Waals surface area contributed by atoms with Gasteiger partial charge in [-0.3, -0.25) is 9.59 Å². The average molecular weight is 323 g/mol. The van der Waals surface area contributed by atoms with E-state index in [1.54, 1.807) is 13.8 Å². The summed E-state index contributed by atoms with van der Waals surface area (Å²) in [6.45, 7) is 2.86. The fraction of sp³-hybridized carbons (Fsp3) is 0.385. The molecule has 21 heavy (non-hydrogen) atoms. The lowest BCUT2D eigenvalue weighted by Crippen LogP contribution is -2.35. The second-order valence-electron chi connectivity index (χ2n) is 4.61. The van der Waals surface area contributed by atoms with Crippen molar-refractivity contribution in [1.82, 2.24) is 5.32 Å². The van der Waals surface area contributed by atoms with Gasteiger partial charge in [0.15, 0.2) is 0 Å². The Morgan fingerprint density at radius 1 is 1.29 bits per heavy atom. The van der Waals surface area contributed by atoms with Gasteiger partial charge < -0.3 is 10.6 Å². The third kappa shape index (κ3) is 5.26. The molecule has 2 N–H and O–H groups in total. The second kappa shape index (κ2) is 6.80. The Kier molecular flexibility index (Phi) is 5.60. The highest BCUT2D eigenvalue weighted by Gasteiger charge is 2.34. The maximum absolute atomic E-state index is 12.8. The van der Waals surface area contributed by atoms with Crippen molar-refractivity contribution in [3.63, 3.8) is 0 Å². The van der Waals surface area contributed by atoms with Crippen LogP contribution < -0.4 is 10.6 Å². The van der Waals surface area contributed by atoms with Gasteiger partial charge in [0, 0.05) is 10.9 Å². The smallest absolute Gasteiger partial charge is 0.347 e. The Bertz CT molecular complexity index is 545. The van der Waals surface area contributed by atoms with Gasteiger partial charge in [0.05, 0.1) is 17.8 Å². The van der Waals surface area contributed by atoms with E-state index in [4.69, 9.17) is 11.6 Å². The second-order valence-corrected chi connectivity index (χ2v) is 5.04. The third-order valence-electron chi connectivity index (χ3n) is 2.51. The van der Waals surface area contributed by atoms with Crippen molar-refractivity contribution in [2.75, 3.05) is 11.9 Å². The van der Waals surface area contributed by atoms with Crippen LogP contribution in [0.15, 0.2) is 18.2 Å². The molecule has 0 aliphatic carbocycles. The predicted molar refractivity (Wildman–Crippen MR) is 72.9 cm³/mol. The summed E-state index contributed by atoms with van der Waals surface area (Å²) in [6.07, 6.45) is -4.64. The van der Waals surface area contributed by atoms with Gasteiger partial charge in [0.25, 0.3) is 0 Å². The lowest BCUT2D eigenvalue weighted by atomic mass is 10.1. The van der Waals surface area contributed by atoms with E-state index in [1.807, 2.05) is 0 Å². The summed E-state index contributed by atoms with van der Waals surface area (Å²) in [6, 6.07) is 3.02. The number of hydrogen-bond acceptors (Lipinski definition) is 2. The number of amides is 2. The minimum absolute atomic E-state index is 0.0894. The van der Waals surface area contributed by atoms with Crippen LogP contribution in [0.2, 0.25) is 5.02 Å². The molecule has 2 amide bonds. The topological polar surface area (TPSA) is 58.2 Å². The fourth-order valence-electron chi connectivity index (χ4n) is 1.43. The van der Waals surface area contributed by atoms with Gasteiger partial charge in [-0.15, -0.1) is 0 Å². The molecule has 1 rings (SSSR count). The summed E-state index contributed by atoms with van der Waals surface area (Å²) in [5, 5.41) is 4.33. The van der Waals surface area contributed by atoms with E-state index >= 15 is 0 Å². The molecule has 0 bridgehead atoms. The molecule has 0 radical (unpaired) electrons. The molecule has 0 unspecified atom stereocenters. The zero-order chi connectivity index (χ0) is 16.2. The predicted octanol–water partition coefficient (Wildman–Crippen LogP) is 3.07. The zero-order valence-electron chi connectivity index (χ0n) is 11.3. The average Bonchev–Trinajstić information content (AvgIpc) is 2.36. The molecule has 0 aliphatic rings. The molecular weight excluding hydrogens is 309 g/mol. The highest BCUT2D eigenvalue weighted by molar-refractivity contribution is 6.30. The molecule has 0 spiro atoms. The van der Waals surface area contributed by atoms with Crippen LogP contribution in [0.3, 0.4) is 0 Å². The van der Waals surface area contributed by atoms with E-state index in [1.165, 1.54) is 6.07 Å². The van der Waals surface area contributed by atoms with Gasteiger partial charge in [-0.25, -0.2) is 0 Å². The van der Waals surface area contributed by atoms with Crippen molar-refractivity contribution in [2.24, 2.45) is 5.92 Å². The number of carbonyl (C=O) groups is 2. The van der Waals surface area contributed by atoms with Gasteiger partial charge in [-0.05, 0) is 18.2 Å². The highest BCUT2D eigenvalue weighted by atomic mass is 35.5. The summed E-state index contributed by atoms with van der Waals surface area (Å²) in [5.41, 5.74) is -1.45. The third-order valence-corrected chi connectivity index (χ3v) is 2.74. The molecule has 0 saturated heterocycles. The van der Waals surface area contributed by atoms with Crippen molar-refractivity contribution in [3.8, 4) is 0 Å². The Labute approximate surface area is 124 Å². The molecule has 0 aliphatic heterocycles. The van der Waals surface area contributed by atoms with Gasteiger partial charge in [0.1, 0.15) is 0 Å². The lowest BCUT2D eigenvalue weighted by Gasteiger charge is -2.14. The first-order chi connectivity index (χ1) is 9.61. The first-order valence-electron chi connectivity index (χ1n) is 6.05. The Morgan fingerprint density at radius 2 is 1.90 bits per heavy atom. The van der Waals surface area contributed by atoms with Gasteiger partial charge in [0.2, 0.25) is 11.8 Å². The van der Waals surface area contributed by atoms with Crippen molar-refractivity contribution in [2.45, 2.75) is 20.0 Å². The minimum Gasteiger partial charge on any atom is -0.347 e. The van der Waals surface area contributed by atoms with E-state index in [9.17, 15) is 22.8 Å². The monoisotopic (exact) mass is 322 g/mol. The van der Waals surface area contributed by atoms with Crippen molar-refractivity contribution in [3.05, 3.63) is 28.8 Å².